The van der Waals surface area contributed by atoms with Crippen LogP contribution in [0.15, 0.2) is 0 Å². The Hall–Kier alpha value is -2.32. The second-order valence-corrected chi connectivity index (χ2v) is 9.61. The molecule has 2 aliphatic heterocycles. The Morgan fingerprint density at radius 2 is 1.13 bits per heavy atom. The van der Waals surface area contributed by atoms with Crippen LogP contribution in [0.2, 0.25) is 0 Å². The maximum atomic E-state index is 12.2. The van der Waals surface area contributed by atoms with Gasteiger partial charge < -0.3 is 43.0 Å². The fourth-order valence-electron chi connectivity index (χ4n) is 4.86. The predicted molar refractivity (Wildman–Crippen MR) is 132 cm³/mol. The molecule has 0 aromatic carbocycles. The summed E-state index contributed by atoms with van der Waals surface area (Å²) in [6.07, 6.45) is -7.85. The first-order valence-corrected chi connectivity index (χ1v) is 13.3. The number of ether oxygens (including phenoxy) is 8. The molecule has 0 radical (unpaired) electrons. The van der Waals surface area contributed by atoms with Crippen LogP contribution in [-0.2, 0) is 57.1 Å². The zero-order chi connectivity index (χ0) is 29.3. The van der Waals surface area contributed by atoms with Crippen molar-refractivity contribution in [3.63, 3.8) is 0 Å². The van der Waals surface area contributed by atoms with E-state index in [0.29, 0.717) is 19.3 Å². The molecule has 2 heterocycles. The standard InChI is InChI=1S/C26H42O13/c1-8-18-13(3)20(33-14(4)28)23(35-16(6)30)26(37-18)39-21-19(9-2)38-25(32-12-10-11-27)24(36-17(7)31)22(21)34-15(5)29/h13,18-27H,8-12H2,1-7H3/t13-,18-,19-,20+,21?,22+,23-,24-,25-,26?/m1/s1. The number of esters is 4. The Morgan fingerprint density at radius 3 is 1.62 bits per heavy atom. The van der Waals surface area contributed by atoms with Crippen molar-refractivity contribution in [3.8, 4) is 0 Å². The summed E-state index contributed by atoms with van der Waals surface area (Å²) in [5.41, 5.74) is 0. The van der Waals surface area contributed by atoms with Crippen molar-refractivity contribution in [1.29, 1.82) is 0 Å². The van der Waals surface area contributed by atoms with Crippen molar-refractivity contribution < 1.29 is 62.2 Å². The molecule has 2 unspecified atom stereocenters. The zero-order valence-corrected chi connectivity index (χ0v) is 23.7. The van der Waals surface area contributed by atoms with Crippen molar-refractivity contribution in [2.45, 2.75) is 123 Å². The molecular formula is C26H42O13. The summed E-state index contributed by atoms with van der Waals surface area (Å²) in [6, 6.07) is 0. The first-order chi connectivity index (χ1) is 18.4. The molecule has 2 fully saturated rings. The fourth-order valence-corrected chi connectivity index (χ4v) is 4.86. The molecule has 2 rings (SSSR count). The van der Waals surface area contributed by atoms with Gasteiger partial charge in [0.2, 0.25) is 0 Å². The molecule has 224 valence electrons. The van der Waals surface area contributed by atoms with Crippen LogP contribution in [0, 0.1) is 5.92 Å². The number of rotatable bonds is 12. The van der Waals surface area contributed by atoms with Gasteiger partial charge in [0.1, 0.15) is 12.2 Å². The summed E-state index contributed by atoms with van der Waals surface area (Å²) in [6.45, 7) is 10.3. The van der Waals surface area contributed by atoms with Crippen LogP contribution in [0.4, 0.5) is 0 Å². The summed E-state index contributed by atoms with van der Waals surface area (Å²) in [5, 5.41) is 9.15. The second-order valence-electron chi connectivity index (χ2n) is 9.61. The Labute approximate surface area is 228 Å². The fraction of sp³-hybridized carbons (Fsp3) is 0.846. The molecule has 39 heavy (non-hydrogen) atoms. The number of aliphatic hydroxyl groups is 1. The zero-order valence-electron chi connectivity index (χ0n) is 23.7. The van der Waals surface area contributed by atoms with Gasteiger partial charge in [0.05, 0.1) is 18.8 Å². The van der Waals surface area contributed by atoms with E-state index in [9.17, 15) is 19.2 Å². The lowest BCUT2D eigenvalue weighted by molar-refractivity contribution is -0.353. The normalized spacial score (nSPS) is 34.6. The first kappa shape index (κ1) is 32.9. The van der Waals surface area contributed by atoms with Crippen LogP contribution in [-0.4, -0.2) is 97.5 Å². The molecule has 0 spiro atoms. The SMILES string of the molecule is CC[C@H]1O[C@@H](OCCCO)[C@H](OC(C)=O)[C@@H](OC(C)=O)C1OC1O[C@H](CC)[C@@H](C)[C@H](OC(C)=O)[C@H]1OC(C)=O. The summed E-state index contributed by atoms with van der Waals surface area (Å²) in [5.74, 6) is -2.89. The molecule has 0 aromatic heterocycles. The van der Waals surface area contributed by atoms with Crippen molar-refractivity contribution >= 4 is 23.9 Å². The lowest BCUT2D eigenvalue weighted by Gasteiger charge is -2.49. The van der Waals surface area contributed by atoms with E-state index in [-0.39, 0.29) is 19.1 Å². The highest BCUT2D eigenvalue weighted by Crippen LogP contribution is 2.37. The summed E-state index contributed by atoms with van der Waals surface area (Å²) in [7, 11) is 0. The highest BCUT2D eigenvalue weighted by atomic mass is 16.8. The van der Waals surface area contributed by atoms with Crippen LogP contribution >= 0.6 is 0 Å². The molecule has 0 bridgehead atoms. The van der Waals surface area contributed by atoms with E-state index in [1.807, 2.05) is 20.8 Å². The second kappa shape index (κ2) is 15.5. The van der Waals surface area contributed by atoms with E-state index in [4.69, 9.17) is 43.0 Å². The van der Waals surface area contributed by atoms with Crippen molar-refractivity contribution in [3.05, 3.63) is 0 Å². The van der Waals surface area contributed by atoms with E-state index in [0.717, 1.165) is 0 Å². The van der Waals surface area contributed by atoms with Gasteiger partial charge in [0, 0.05) is 40.2 Å². The minimum absolute atomic E-state index is 0.0913. The Bertz CT molecular complexity index is 833. The van der Waals surface area contributed by atoms with Crippen LogP contribution in [0.1, 0.15) is 67.7 Å². The predicted octanol–water partition coefficient (Wildman–Crippen LogP) is 1.40. The molecule has 1 N–H and O–H groups in total. The molecule has 0 saturated carbocycles. The molecule has 13 heteroatoms. The topological polar surface area (TPSA) is 162 Å². The third-order valence-corrected chi connectivity index (χ3v) is 6.49. The van der Waals surface area contributed by atoms with Gasteiger partial charge >= 0.3 is 23.9 Å². The van der Waals surface area contributed by atoms with E-state index in [1.54, 1.807) is 0 Å². The number of hydrogen-bond donors (Lipinski definition) is 1. The van der Waals surface area contributed by atoms with Gasteiger partial charge in [0.25, 0.3) is 0 Å². The van der Waals surface area contributed by atoms with Gasteiger partial charge in [0.15, 0.2) is 30.9 Å². The van der Waals surface area contributed by atoms with Crippen molar-refractivity contribution in [2.24, 2.45) is 5.92 Å². The molecule has 2 saturated heterocycles. The molecule has 0 aliphatic carbocycles. The van der Waals surface area contributed by atoms with Crippen LogP contribution in [0.5, 0.6) is 0 Å². The molecule has 0 aromatic rings. The molecular weight excluding hydrogens is 520 g/mol. The number of carbonyl (C=O) groups excluding carboxylic acids is 4. The summed E-state index contributed by atoms with van der Waals surface area (Å²) in [4.78, 5) is 48.2. The largest absolute Gasteiger partial charge is 0.458 e. The monoisotopic (exact) mass is 562 g/mol. The van der Waals surface area contributed by atoms with Crippen LogP contribution in [0.25, 0.3) is 0 Å². The van der Waals surface area contributed by atoms with Gasteiger partial charge in [-0.3, -0.25) is 19.2 Å². The average molecular weight is 563 g/mol. The van der Waals surface area contributed by atoms with Crippen LogP contribution in [0.3, 0.4) is 0 Å². The lowest BCUT2D eigenvalue weighted by Crippen LogP contribution is -2.64. The quantitative estimate of drug-likeness (QED) is 0.206. The number of carbonyl (C=O) groups is 4. The van der Waals surface area contributed by atoms with Crippen LogP contribution < -0.4 is 0 Å². The minimum Gasteiger partial charge on any atom is -0.458 e. The van der Waals surface area contributed by atoms with Crippen molar-refractivity contribution in [1.82, 2.24) is 0 Å². The average Bonchev–Trinajstić information content (AvgIpc) is 2.84. The maximum absolute atomic E-state index is 12.2. The Morgan fingerprint density at radius 1 is 0.667 bits per heavy atom. The minimum atomic E-state index is -1.25. The number of aliphatic hydroxyl groups excluding tert-OH is 1. The molecule has 2 aliphatic rings. The van der Waals surface area contributed by atoms with E-state index < -0.39 is 79.2 Å². The smallest absolute Gasteiger partial charge is 0.303 e. The summed E-state index contributed by atoms with van der Waals surface area (Å²) < 4.78 is 46.6. The third kappa shape index (κ3) is 9.10. The molecule has 13 nitrogen and oxygen atoms in total. The highest BCUT2D eigenvalue weighted by Gasteiger charge is 2.55. The lowest BCUT2D eigenvalue weighted by atomic mass is 9.88. The summed E-state index contributed by atoms with van der Waals surface area (Å²) >= 11 is 0. The van der Waals surface area contributed by atoms with Gasteiger partial charge in [-0.25, -0.2) is 0 Å². The molecule has 10 atom stereocenters. The molecule has 0 amide bonds. The Kier molecular flexibility index (Phi) is 13.0. The third-order valence-electron chi connectivity index (χ3n) is 6.49. The first-order valence-electron chi connectivity index (χ1n) is 13.3. The van der Waals surface area contributed by atoms with Crippen molar-refractivity contribution in [2.75, 3.05) is 13.2 Å². The van der Waals surface area contributed by atoms with Gasteiger partial charge in [-0.2, -0.15) is 0 Å². The van der Waals surface area contributed by atoms with Gasteiger partial charge in [-0.05, 0) is 19.3 Å². The maximum Gasteiger partial charge on any atom is 0.303 e. The highest BCUT2D eigenvalue weighted by molar-refractivity contribution is 5.68. The van der Waals surface area contributed by atoms with E-state index in [2.05, 4.69) is 0 Å². The van der Waals surface area contributed by atoms with E-state index in [1.165, 1.54) is 27.7 Å². The Balaban J connectivity index is 2.50. The van der Waals surface area contributed by atoms with Gasteiger partial charge in [-0.15, -0.1) is 0 Å². The van der Waals surface area contributed by atoms with E-state index >= 15 is 0 Å². The van der Waals surface area contributed by atoms with Gasteiger partial charge in [-0.1, -0.05) is 20.8 Å². The number of hydrogen-bond acceptors (Lipinski definition) is 13.